The van der Waals surface area contributed by atoms with Gasteiger partial charge in [-0.05, 0) is 31.2 Å². The molecule has 3 rings (SSSR count). The Hall–Kier alpha value is -1.67. The minimum absolute atomic E-state index is 0.0824. The highest BCUT2D eigenvalue weighted by molar-refractivity contribution is 5.70. The molecular weight excluding hydrogens is 346 g/mol. The summed E-state index contributed by atoms with van der Waals surface area (Å²) < 4.78 is 10.8. The second kappa shape index (κ2) is 9.50. The van der Waals surface area contributed by atoms with Gasteiger partial charge in [0.15, 0.2) is 0 Å². The molecule has 3 atom stereocenters. The maximum Gasteiger partial charge on any atom is 0.307 e. The fraction of sp³-hybridized carbons (Fsp3) is 0.650. The SMILES string of the molecule is COc1ccc(C[C@H]2NC[C@H](O)[C@H]2OC(=O)CCN2CCN(C)CC2)cc1. The van der Waals surface area contributed by atoms with Crippen LogP contribution in [0, 0.1) is 0 Å². The Morgan fingerprint density at radius 2 is 1.93 bits per heavy atom. The van der Waals surface area contributed by atoms with Crippen molar-refractivity contribution >= 4 is 5.97 Å². The molecule has 2 heterocycles. The zero-order valence-electron chi connectivity index (χ0n) is 16.3. The third-order valence-electron chi connectivity index (χ3n) is 5.48. The van der Waals surface area contributed by atoms with Crippen LogP contribution in [0.1, 0.15) is 12.0 Å². The van der Waals surface area contributed by atoms with E-state index in [1.54, 1.807) is 7.11 Å². The van der Waals surface area contributed by atoms with Crippen molar-refractivity contribution in [2.45, 2.75) is 31.1 Å². The fourth-order valence-electron chi connectivity index (χ4n) is 3.67. The number of benzene rings is 1. The maximum atomic E-state index is 12.3. The zero-order valence-corrected chi connectivity index (χ0v) is 16.3. The number of esters is 1. The number of aliphatic hydroxyl groups is 1. The average molecular weight is 377 g/mol. The first-order valence-electron chi connectivity index (χ1n) is 9.70. The maximum absolute atomic E-state index is 12.3. The van der Waals surface area contributed by atoms with Crippen molar-refractivity contribution in [3.63, 3.8) is 0 Å². The van der Waals surface area contributed by atoms with Crippen molar-refractivity contribution in [2.75, 3.05) is 53.4 Å². The molecule has 2 N–H and O–H groups in total. The van der Waals surface area contributed by atoms with Crippen LogP contribution in [0.5, 0.6) is 5.75 Å². The van der Waals surface area contributed by atoms with Gasteiger partial charge < -0.3 is 29.7 Å². The van der Waals surface area contributed by atoms with Gasteiger partial charge in [0.1, 0.15) is 18.0 Å². The number of hydrogen-bond donors (Lipinski definition) is 2. The van der Waals surface area contributed by atoms with Crippen molar-refractivity contribution in [1.29, 1.82) is 0 Å². The van der Waals surface area contributed by atoms with Crippen molar-refractivity contribution < 1.29 is 19.4 Å². The Morgan fingerprint density at radius 1 is 1.22 bits per heavy atom. The summed E-state index contributed by atoms with van der Waals surface area (Å²) in [5.41, 5.74) is 1.11. The summed E-state index contributed by atoms with van der Waals surface area (Å²) in [6.45, 7) is 5.19. The average Bonchev–Trinajstić information content (AvgIpc) is 3.01. The first-order chi connectivity index (χ1) is 13.0. The Labute approximate surface area is 161 Å². The molecule has 2 aliphatic rings. The standard InChI is InChI=1S/C20H31N3O4/c1-22-9-11-23(12-10-22)8-7-19(25)27-20-17(21-14-18(20)24)13-15-3-5-16(26-2)6-4-15/h3-6,17-18,20-21,24H,7-14H2,1-2H3/t17-,18+,20+/m1/s1. The third kappa shape index (κ3) is 5.65. The fourth-order valence-corrected chi connectivity index (χ4v) is 3.67. The van der Waals surface area contributed by atoms with Gasteiger partial charge in [-0.2, -0.15) is 0 Å². The van der Waals surface area contributed by atoms with Gasteiger partial charge in [-0.25, -0.2) is 0 Å². The Balaban J connectivity index is 1.48. The van der Waals surface area contributed by atoms with Crippen LogP contribution in [-0.4, -0.2) is 92.6 Å². The quantitative estimate of drug-likeness (QED) is 0.654. The number of nitrogens with one attached hydrogen (secondary N) is 1. The molecule has 0 saturated carbocycles. The van der Waals surface area contributed by atoms with Gasteiger partial charge in [-0.1, -0.05) is 12.1 Å². The first kappa shape index (κ1) is 20.1. The third-order valence-corrected chi connectivity index (χ3v) is 5.48. The van der Waals surface area contributed by atoms with Gasteiger partial charge in [-0.3, -0.25) is 4.79 Å². The molecule has 0 aliphatic carbocycles. The minimum atomic E-state index is -0.666. The lowest BCUT2D eigenvalue weighted by atomic mass is 10.0. The van der Waals surface area contributed by atoms with E-state index in [-0.39, 0.29) is 12.0 Å². The van der Waals surface area contributed by atoms with E-state index in [9.17, 15) is 9.90 Å². The van der Waals surface area contributed by atoms with E-state index in [2.05, 4.69) is 22.2 Å². The molecule has 0 bridgehead atoms. The smallest absolute Gasteiger partial charge is 0.307 e. The molecule has 2 aliphatic heterocycles. The number of hydrogen-bond acceptors (Lipinski definition) is 7. The monoisotopic (exact) mass is 377 g/mol. The number of methoxy groups -OCH3 is 1. The number of ether oxygens (including phenoxy) is 2. The second-order valence-electron chi connectivity index (χ2n) is 7.48. The summed E-state index contributed by atoms with van der Waals surface area (Å²) in [6.07, 6.45) is -0.118. The van der Waals surface area contributed by atoms with Gasteiger partial charge in [0.25, 0.3) is 0 Å². The van der Waals surface area contributed by atoms with Crippen LogP contribution < -0.4 is 10.1 Å². The Bertz CT molecular complexity index is 602. The van der Waals surface area contributed by atoms with Crippen LogP contribution in [-0.2, 0) is 16.0 Å². The molecule has 150 valence electrons. The lowest BCUT2D eigenvalue weighted by Crippen LogP contribution is -2.45. The lowest BCUT2D eigenvalue weighted by molar-refractivity contribution is -0.154. The molecule has 7 heteroatoms. The van der Waals surface area contributed by atoms with E-state index in [1.807, 2.05) is 24.3 Å². The van der Waals surface area contributed by atoms with Crippen LogP contribution in [0.15, 0.2) is 24.3 Å². The number of carbonyl (C=O) groups is 1. The second-order valence-corrected chi connectivity index (χ2v) is 7.48. The topological polar surface area (TPSA) is 74.3 Å². The molecule has 1 aromatic rings. The molecule has 1 aromatic carbocycles. The number of piperazine rings is 1. The normalized spacial score (nSPS) is 26.9. The van der Waals surface area contributed by atoms with E-state index < -0.39 is 12.2 Å². The van der Waals surface area contributed by atoms with Crippen molar-refractivity contribution in [3.05, 3.63) is 29.8 Å². The van der Waals surface area contributed by atoms with Crippen molar-refractivity contribution in [3.8, 4) is 5.75 Å². The number of rotatable bonds is 7. The summed E-state index contributed by atoms with van der Waals surface area (Å²) in [5, 5.41) is 13.5. The molecule has 7 nitrogen and oxygen atoms in total. The Kier molecular flexibility index (Phi) is 7.07. The van der Waals surface area contributed by atoms with Crippen LogP contribution in [0.2, 0.25) is 0 Å². The number of β-amino-alcohol motifs (C(OH)–C–C–N with tert-alkyl or cyclic N) is 1. The predicted molar refractivity (Wildman–Crippen MR) is 103 cm³/mol. The number of likely N-dealkylation sites (N-methyl/N-ethyl adjacent to an activating group) is 1. The summed E-state index contributed by atoms with van der Waals surface area (Å²) in [4.78, 5) is 16.9. The Morgan fingerprint density at radius 3 is 2.59 bits per heavy atom. The summed E-state index contributed by atoms with van der Waals surface area (Å²) >= 11 is 0. The van der Waals surface area contributed by atoms with Crippen LogP contribution in [0.4, 0.5) is 0 Å². The van der Waals surface area contributed by atoms with Gasteiger partial charge in [0, 0.05) is 39.3 Å². The van der Waals surface area contributed by atoms with Gasteiger partial charge in [0.05, 0.1) is 19.6 Å². The molecule has 0 unspecified atom stereocenters. The summed E-state index contributed by atoms with van der Waals surface area (Å²) in [7, 11) is 3.75. The summed E-state index contributed by atoms with van der Waals surface area (Å²) in [5.74, 6) is 0.575. The highest BCUT2D eigenvalue weighted by Crippen LogP contribution is 2.19. The number of carbonyl (C=O) groups excluding carboxylic acids is 1. The highest BCUT2D eigenvalue weighted by atomic mass is 16.6. The summed E-state index contributed by atoms with van der Waals surface area (Å²) in [6, 6.07) is 7.74. The molecular formula is C20H31N3O4. The van der Waals surface area contributed by atoms with Crippen molar-refractivity contribution in [1.82, 2.24) is 15.1 Å². The zero-order chi connectivity index (χ0) is 19.2. The minimum Gasteiger partial charge on any atom is -0.497 e. The molecule has 2 saturated heterocycles. The van der Waals surface area contributed by atoms with E-state index in [0.29, 0.717) is 25.9 Å². The van der Waals surface area contributed by atoms with Crippen LogP contribution in [0.3, 0.4) is 0 Å². The molecule has 2 fully saturated rings. The number of nitrogens with zero attached hydrogens (tertiary/aromatic N) is 2. The van der Waals surface area contributed by atoms with E-state index in [0.717, 1.165) is 37.5 Å². The van der Waals surface area contributed by atoms with Gasteiger partial charge >= 0.3 is 5.97 Å². The highest BCUT2D eigenvalue weighted by Gasteiger charge is 2.37. The van der Waals surface area contributed by atoms with E-state index >= 15 is 0 Å². The van der Waals surface area contributed by atoms with Gasteiger partial charge in [-0.15, -0.1) is 0 Å². The number of aliphatic hydroxyl groups excluding tert-OH is 1. The van der Waals surface area contributed by atoms with Gasteiger partial charge in [0.2, 0.25) is 0 Å². The molecule has 27 heavy (non-hydrogen) atoms. The van der Waals surface area contributed by atoms with E-state index in [4.69, 9.17) is 9.47 Å². The molecule has 0 aromatic heterocycles. The van der Waals surface area contributed by atoms with Crippen molar-refractivity contribution in [2.24, 2.45) is 0 Å². The molecule has 0 amide bonds. The predicted octanol–water partition coefficient (Wildman–Crippen LogP) is 0.120. The first-order valence-corrected chi connectivity index (χ1v) is 9.70. The lowest BCUT2D eigenvalue weighted by Gasteiger charge is -2.32. The van der Waals surface area contributed by atoms with Crippen LogP contribution in [0.25, 0.3) is 0 Å². The largest absolute Gasteiger partial charge is 0.497 e. The molecule has 0 spiro atoms. The molecule has 0 radical (unpaired) electrons. The van der Waals surface area contributed by atoms with Crippen LogP contribution >= 0.6 is 0 Å². The van der Waals surface area contributed by atoms with E-state index in [1.165, 1.54) is 0 Å².